The Morgan fingerprint density at radius 1 is 1.12 bits per heavy atom. The quantitative estimate of drug-likeness (QED) is 0.468. The third-order valence-corrected chi connectivity index (χ3v) is 3.46. The van der Waals surface area contributed by atoms with Gasteiger partial charge in [-0.15, -0.1) is 0 Å². The fraction of sp³-hybridized carbons (Fsp3) is 0.167. The first kappa shape index (κ1) is 18.5. The van der Waals surface area contributed by atoms with Crippen LogP contribution in [0.3, 0.4) is 0 Å². The van der Waals surface area contributed by atoms with E-state index in [-0.39, 0.29) is 12.5 Å². The van der Waals surface area contributed by atoms with Crippen LogP contribution in [0.1, 0.15) is 21.5 Å². The van der Waals surface area contributed by atoms with Gasteiger partial charge in [-0.1, -0.05) is 41.0 Å². The molecule has 1 amide bonds. The molecular weight excluding hydrogens is 344 g/mol. The summed E-state index contributed by atoms with van der Waals surface area (Å²) < 4.78 is 4.61. The van der Waals surface area contributed by atoms with Gasteiger partial charge in [0.15, 0.2) is 6.61 Å². The molecule has 6 nitrogen and oxygen atoms in total. The number of nitrogens with zero attached hydrogens (tertiary/aromatic N) is 1. The molecule has 0 aliphatic heterocycles. The molecule has 2 aromatic carbocycles. The largest absolute Gasteiger partial charge is 0.465 e. The summed E-state index contributed by atoms with van der Waals surface area (Å²) in [4.78, 5) is 27.9. The number of methoxy groups -OCH3 is 1. The molecule has 2 aromatic rings. The molecule has 1 N–H and O–H groups in total. The van der Waals surface area contributed by atoms with Crippen LogP contribution in [-0.4, -0.2) is 31.8 Å². The summed E-state index contributed by atoms with van der Waals surface area (Å²) in [6.07, 6.45) is 1.45. The maximum atomic E-state index is 11.7. The highest BCUT2D eigenvalue weighted by molar-refractivity contribution is 6.30. The van der Waals surface area contributed by atoms with E-state index < -0.39 is 5.97 Å². The zero-order valence-electron chi connectivity index (χ0n) is 13.6. The van der Waals surface area contributed by atoms with E-state index in [9.17, 15) is 9.59 Å². The minimum Gasteiger partial charge on any atom is -0.465 e. The number of carbonyl (C=O) groups excluding carboxylic acids is 2. The molecule has 0 heterocycles. The maximum absolute atomic E-state index is 11.7. The summed E-state index contributed by atoms with van der Waals surface area (Å²) in [5, 5.41) is 7.08. The Labute approximate surface area is 150 Å². The zero-order valence-corrected chi connectivity index (χ0v) is 14.3. The zero-order chi connectivity index (χ0) is 18.1. The minimum absolute atomic E-state index is 0.190. The first-order valence-corrected chi connectivity index (χ1v) is 7.81. The van der Waals surface area contributed by atoms with Crippen molar-refractivity contribution in [2.75, 3.05) is 13.7 Å². The highest BCUT2D eigenvalue weighted by atomic mass is 35.5. The van der Waals surface area contributed by atoms with E-state index in [0.29, 0.717) is 17.1 Å². The molecule has 0 aliphatic rings. The highest BCUT2D eigenvalue weighted by Crippen LogP contribution is 2.09. The van der Waals surface area contributed by atoms with Gasteiger partial charge in [0.05, 0.1) is 18.9 Å². The van der Waals surface area contributed by atoms with Gasteiger partial charge in [-0.2, -0.15) is 0 Å². The van der Waals surface area contributed by atoms with E-state index in [1.54, 1.807) is 36.4 Å². The standard InChI is InChI=1S/C18H17ClN2O4/c1-24-18(23)15-6-2-14(3-7-15)11-21-25-12-17(22)20-10-13-4-8-16(19)9-5-13/h2-9,11H,10,12H2,1H3,(H,20,22)/b21-11+. The van der Waals surface area contributed by atoms with Gasteiger partial charge in [-0.25, -0.2) is 4.79 Å². The molecule has 0 bridgehead atoms. The Kier molecular flexibility index (Phi) is 6.98. The van der Waals surface area contributed by atoms with Crippen molar-refractivity contribution in [2.45, 2.75) is 6.54 Å². The third-order valence-electron chi connectivity index (χ3n) is 3.21. The van der Waals surface area contributed by atoms with Crippen LogP contribution in [0.15, 0.2) is 53.7 Å². The first-order chi connectivity index (χ1) is 12.1. The first-order valence-electron chi connectivity index (χ1n) is 7.43. The second-order valence-electron chi connectivity index (χ2n) is 5.02. The van der Waals surface area contributed by atoms with Crippen LogP contribution < -0.4 is 5.32 Å². The van der Waals surface area contributed by atoms with Gasteiger partial charge in [-0.3, -0.25) is 4.79 Å². The van der Waals surface area contributed by atoms with Gasteiger partial charge in [0.2, 0.25) is 0 Å². The van der Waals surface area contributed by atoms with Gasteiger partial charge in [0.1, 0.15) is 0 Å². The molecule has 0 aliphatic carbocycles. The van der Waals surface area contributed by atoms with Crippen molar-refractivity contribution >= 4 is 29.7 Å². The van der Waals surface area contributed by atoms with E-state index in [0.717, 1.165) is 11.1 Å². The fourth-order valence-corrected chi connectivity index (χ4v) is 2.00. The van der Waals surface area contributed by atoms with Crippen LogP contribution in [0.2, 0.25) is 5.02 Å². The number of benzene rings is 2. The minimum atomic E-state index is -0.405. The smallest absolute Gasteiger partial charge is 0.337 e. The van der Waals surface area contributed by atoms with Crippen molar-refractivity contribution < 1.29 is 19.2 Å². The lowest BCUT2D eigenvalue weighted by Crippen LogP contribution is -2.26. The Morgan fingerprint density at radius 3 is 2.44 bits per heavy atom. The van der Waals surface area contributed by atoms with Crippen LogP contribution in [0, 0.1) is 0 Å². The SMILES string of the molecule is COC(=O)c1ccc(/C=N/OCC(=O)NCc2ccc(Cl)cc2)cc1. The molecule has 0 radical (unpaired) electrons. The molecule has 0 saturated heterocycles. The lowest BCUT2D eigenvalue weighted by atomic mass is 10.1. The molecule has 0 spiro atoms. The number of oxime groups is 1. The van der Waals surface area contributed by atoms with Crippen molar-refractivity contribution in [1.29, 1.82) is 0 Å². The van der Waals surface area contributed by atoms with Crippen molar-refractivity contribution in [3.05, 3.63) is 70.2 Å². The van der Waals surface area contributed by atoms with Crippen molar-refractivity contribution in [1.82, 2.24) is 5.32 Å². The van der Waals surface area contributed by atoms with Crippen LogP contribution in [0.25, 0.3) is 0 Å². The number of hydrogen-bond acceptors (Lipinski definition) is 5. The molecule has 0 fully saturated rings. The Bertz CT molecular complexity index is 743. The Balaban J connectivity index is 1.72. The van der Waals surface area contributed by atoms with E-state index in [4.69, 9.17) is 16.4 Å². The summed E-state index contributed by atoms with van der Waals surface area (Å²) in [6.45, 7) is 0.197. The molecular formula is C18H17ClN2O4. The predicted molar refractivity (Wildman–Crippen MR) is 94.6 cm³/mol. The summed E-state index contributed by atoms with van der Waals surface area (Å²) in [6, 6.07) is 13.8. The van der Waals surface area contributed by atoms with Crippen LogP contribution in [0.4, 0.5) is 0 Å². The molecule has 25 heavy (non-hydrogen) atoms. The molecule has 0 atom stereocenters. The summed E-state index contributed by atoms with van der Waals surface area (Å²) >= 11 is 5.79. The molecule has 0 aromatic heterocycles. The lowest BCUT2D eigenvalue weighted by Gasteiger charge is -2.04. The number of nitrogens with one attached hydrogen (secondary N) is 1. The maximum Gasteiger partial charge on any atom is 0.337 e. The molecule has 0 unspecified atom stereocenters. The van der Waals surface area contributed by atoms with E-state index in [1.165, 1.54) is 13.3 Å². The molecule has 7 heteroatoms. The monoisotopic (exact) mass is 360 g/mol. The van der Waals surface area contributed by atoms with E-state index >= 15 is 0 Å². The van der Waals surface area contributed by atoms with E-state index in [2.05, 4.69) is 15.2 Å². The number of halogens is 1. The normalized spacial score (nSPS) is 10.5. The molecule has 0 saturated carbocycles. The number of carbonyl (C=O) groups is 2. The highest BCUT2D eigenvalue weighted by Gasteiger charge is 2.04. The van der Waals surface area contributed by atoms with Crippen molar-refractivity contribution in [3.8, 4) is 0 Å². The van der Waals surface area contributed by atoms with Crippen LogP contribution >= 0.6 is 11.6 Å². The fourth-order valence-electron chi connectivity index (χ4n) is 1.87. The Hall–Kier alpha value is -2.86. The van der Waals surface area contributed by atoms with E-state index in [1.807, 2.05) is 12.1 Å². The van der Waals surface area contributed by atoms with Gasteiger partial charge < -0.3 is 14.9 Å². The number of amides is 1. The number of ether oxygens (including phenoxy) is 1. The van der Waals surface area contributed by atoms with Gasteiger partial charge in [-0.05, 0) is 35.4 Å². The number of rotatable bonds is 7. The van der Waals surface area contributed by atoms with Crippen LogP contribution in [0.5, 0.6) is 0 Å². The van der Waals surface area contributed by atoms with Gasteiger partial charge in [0, 0.05) is 11.6 Å². The van der Waals surface area contributed by atoms with Crippen LogP contribution in [-0.2, 0) is 20.9 Å². The Morgan fingerprint density at radius 2 is 1.80 bits per heavy atom. The lowest BCUT2D eigenvalue weighted by molar-refractivity contribution is -0.125. The summed E-state index contributed by atoms with van der Waals surface area (Å²) in [7, 11) is 1.32. The molecule has 2 rings (SSSR count). The predicted octanol–water partition coefficient (Wildman–Crippen LogP) is 2.79. The third kappa shape index (κ3) is 6.27. The number of esters is 1. The second kappa shape index (κ2) is 9.44. The van der Waals surface area contributed by atoms with Gasteiger partial charge >= 0.3 is 5.97 Å². The summed E-state index contributed by atoms with van der Waals surface area (Å²) in [5.74, 6) is -0.690. The average molecular weight is 361 g/mol. The second-order valence-corrected chi connectivity index (χ2v) is 5.46. The van der Waals surface area contributed by atoms with Gasteiger partial charge in [0.25, 0.3) is 5.91 Å². The molecule has 130 valence electrons. The number of hydrogen-bond donors (Lipinski definition) is 1. The topological polar surface area (TPSA) is 77.0 Å². The van der Waals surface area contributed by atoms with Crippen molar-refractivity contribution in [3.63, 3.8) is 0 Å². The summed E-state index contributed by atoms with van der Waals surface area (Å²) in [5.41, 5.74) is 2.11. The average Bonchev–Trinajstić information content (AvgIpc) is 2.64. The van der Waals surface area contributed by atoms with Crippen molar-refractivity contribution in [2.24, 2.45) is 5.16 Å².